The Morgan fingerprint density at radius 1 is 1.36 bits per heavy atom. The van der Waals surface area contributed by atoms with Crippen LogP contribution in [0, 0.1) is 0 Å². The Bertz CT molecular complexity index is 590. The number of carbonyl (C=O) groups excluding carboxylic acids is 1. The van der Waals surface area contributed by atoms with Crippen LogP contribution in [0.4, 0.5) is 4.79 Å². The van der Waals surface area contributed by atoms with Gasteiger partial charge in [0.1, 0.15) is 5.60 Å². The predicted octanol–water partition coefficient (Wildman–Crippen LogP) is 2.38. The number of hydrogen-bond donors (Lipinski definition) is 1. The number of thiazole rings is 1. The molecule has 7 nitrogen and oxygen atoms in total. The van der Waals surface area contributed by atoms with E-state index in [1.165, 1.54) is 0 Å². The largest absolute Gasteiger partial charge is 0.444 e. The number of alkyl carbamates (subject to hydrolysis) is 1. The van der Waals surface area contributed by atoms with Crippen molar-refractivity contribution in [3.63, 3.8) is 0 Å². The third kappa shape index (κ3) is 5.80. The fourth-order valence-corrected chi connectivity index (χ4v) is 2.29. The van der Waals surface area contributed by atoms with E-state index in [-0.39, 0.29) is 0 Å². The third-order valence-electron chi connectivity index (χ3n) is 2.56. The topological polar surface area (TPSA) is 90.1 Å². The molecule has 2 aromatic rings. The molecule has 1 amide bonds. The summed E-state index contributed by atoms with van der Waals surface area (Å²) in [6.45, 7) is 5.86. The SMILES string of the molecule is CC(C)(C)OC(=O)NCCc1noc(CCc2nccs2)n1. The lowest BCUT2D eigenvalue weighted by molar-refractivity contribution is 0.0528. The zero-order chi connectivity index (χ0) is 16.0. The van der Waals surface area contributed by atoms with E-state index >= 15 is 0 Å². The minimum atomic E-state index is -0.501. The molecule has 0 saturated carbocycles. The first-order valence-corrected chi connectivity index (χ1v) is 7.97. The van der Waals surface area contributed by atoms with Crippen molar-refractivity contribution in [3.8, 4) is 0 Å². The molecule has 0 aliphatic heterocycles. The molecule has 120 valence electrons. The first-order chi connectivity index (χ1) is 10.4. The zero-order valence-electron chi connectivity index (χ0n) is 13.0. The molecule has 0 bridgehead atoms. The van der Waals surface area contributed by atoms with Crippen LogP contribution in [0.5, 0.6) is 0 Å². The molecule has 0 fully saturated rings. The van der Waals surface area contributed by atoms with E-state index < -0.39 is 11.7 Å². The van der Waals surface area contributed by atoms with E-state index in [9.17, 15) is 4.79 Å². The second-order valence-electron chi connectivity index (χ2n) is 5.71. The lowest BCUT2D eigenvalue weighted by Crippen LogP contribution is -2.33. The number of hydrogen-bond acceptors (Lipinski definition) is 7. The van der Waals surface area contributed by atoms with Crippen LogP contribution in [0.1, 0.15) is 37.5 Å². The minimum Gasteiger partial charge on any atom is -0.444 e. The van der Waals surface area contributed by atoms with Crippen molar-refractivity contribution < 1.29 is 14.1 Å². The van der Waals surface area contributed by atoms with E-state index in [1.54, 1.807) is 17.5 Å². The summed E-state index contributed by atoms with van der Waals surface area (Å²) in [6, 6.07) is 0. The van der Waals surface area contributed by atoms with Crippen molar-refractivity contribution in [2.45, 2.75) is 45.6 Å². The van der Waals surface area contributed by atoms with E-state index in [4.69, 9.17) is 9.26 Å². The van der Waals surface area contributed by atoms with Crippen LogP contribution >= 0.6 is 11.3 Å². The van der Waals surface area contributed by atoms with Gasteiger partial charge < -0.3 is 14.6 Å². The number of nitrogens with one attached hydrogen (secondary N) is 1. The van der Waals surface area contributed by atoms with Crippen LogP contribution in [0.2, 0.25) is 0 Å². The van der Waals surface area contributed by atoms with Crippen LogP contribution in [0.3, 0.4) is 0 Å². The summed E-state index contributed by atoms with van der Waals surface area (Å²) in [7, 11) is 0. The maximum atomic E-state index is 11.5. The van der Waals surface area contributed by atoms with Gasteiger partial charge in [0, 0.05) is 37.4 Å². The highest BCUT2D eigenvalue weighted by Crippen LogP contribution is 2.09. The first-order valence-electron chi connectivity index (χ1n) is 7.09. The van der Waals surface area contributed by atoms with Gasteiger partial charge in [-0.2, -0.15) is 4.98 Å². The number of ether oxygens (including phenoxy) is 1. The number of aromatic nitrogens is 3. The molecule has 0 aliphatic carbocycles. The van der Waals surface area contributed by atoms with Gasteiger partial charge in [-0.15, -0.1) is 11.3 Å². The predicted molar refractivity (Wildman–Crippen MR) is 81.8 cm³/mol. The quantitative estimate of drug-likeness (QED) is 0.877. The van der Waals surface area contributed by atoms with Gasteiger partial charge >= 0.3 is 6.09 Å². The summed E-state index contributed by atoms with van der Waals surface area (Å²) in [5.41, 5.74) is -0.501. The fraction of sp³-hybridized carbons (Fsp3) is 0.571. The smallest absolute Gasteiger partial charge is 0.407 e. The fourth-order valence-electron chi connectivity index (χ4n) is 1.67. The Labute approximate surface area is 133 Å². The first kappa shape index (κ1) is 16.4. The van der Waals surface area contributed by atoms with Crippen molar-refractivity contribution in [1.29, 1.82) is 0 Å². The Balaban J connectivity index is 1.69. The molecular weight excluding hydrogens is 304 g/mol. The number of carbonyl (C=O) groups is 1. The van der Waals surface area contributed by atoms with Crippen LogP contribution in [0.15, 0.2) is 16.1 Å². The maximum absolute atomic E-state index is 11.5. The molecule has 22 heavy (non-hydrogen) atoms. The molecule has 1 N–H and O–H groups in total. The van der Waals surface area contributed by atoms with E-state index in [0.717, 1.165) is 11.4 Å². The van der Waals surface area contributed by atoms with Gasteiger partial charge in [-0.05, 0) is 20.8 Å². The number of aryl methyl sites for hydroxylation is 2. The van der Waals surface area contributed by atoms with Crippen molar-refractivity contribution in [2.24, 2.45) is 0 Å². The molecule has 2 rings (SSSR count). The van der Waals surface area contributed by atoms with Crippen molar-refractivity contribution in [3.05, 3.63) is 28.3 Å². The molecule has 0 radical (unpaired) electrons. The van der Waals surface area contributed by atoms with E-state index in [1.807, 2.05) is 26.2 Å². The van der Waals surface area contributed by atoms with Gasteiger partial charge in [0.05, 0.1) is 5.01 Å². The number of rotatable bonds is 6. The maximum Gasteiger partial charge on any atom is 0.407 e. The summed E-state index contributed by atoms with van der Waals surface area (Å²) in [6.07, 6.45) is 3.29. The molecule has 0 aromatic carbocycles. The van der Waals surface area contributed by atoms with Crippen molar-refractivity contribution in [1.82, 2.24) is 20.4 Å². The summed E-state index contributed by atoms with van der Waals surface area (Å²) in [4.78, 5) is 20.0. The molecule has 0 aliphatic rings. The third-order valence-corrected chi connectivity index (χ3v) is 3.40. The highest BCUT2D eigenvalue weighted by Gasteiger charge is 2.16. The Morgan fingerprint density at radius 3 is 2.86 bits per heavy atom. The molecule has 0 saturated heterocycles. The average Bonchev–Trinajstić information content (AvgIpc) is 3.05. The van der Waals surface area contributed by atoms with Crippen LogP contribution in [-0.2, 0) is 24.0 Å². The summed E-state index contributed by atoms with van der Waals surface area (Å²) >= 11 is 1.61. The molecular formula is C14H20N4O3S. The number of amides is 1. The van der Waals surface area contributed by atoms with Gasteiger partial charge in [0.15, 0.2) is 5.82 Å². The molecule has 0 spiro atoms. The summed E-state index contributed by atoms with van der Waals surface area (Å²) in [5.74, 6) is 1.16. The van der Waals surface area contributed by atoms with Gasteiger partial charge in [-0.3, -0.25) is 0 Å². The van der Waals surface area contributed by atoms with Crippen LogP contribution in [0.25, 0.3) is 0 Å². The highest BCUT2D eigenvalue weighted by molar-refractivity contribution is 7.09. The minimum absolute atomic E-state index is 0.403. The second-order valence-corrected chi connectivity index (χ2v) is 6.69. The monoisotopic (exact) mass is 324 g/mol. The van der Waals surface area contributed by atoms with Gasteiger partial charge in [0.2, 0.25) is 5.89 Å². The Kier molecular flexibility index (Phi) is 5.48. The Morgan fingerprint density at radius 2 is 2.18 bits per heavy atom. The lowest BCUT2D eigenvalue weighted by Gasteiger charge is -2.19. The average molecular weight is 324 g/mol. The summed E-state index contributed by atoms with van der Waals surface area (Å²) < 4.78 is 10.3. The van der Waals surface area contributed by atoms with Crippen molar-refractivity contribution >= 4 is 17.4 Å². The van der Waals surface area contributed by atoms with Crippen molar-refractivity contribution in [2.75, 3.05) is 6.54 Å². The van der Waals surface area contributed by atoms with Crippen LogP contribution < -0.4 is 5.32 Å². The number of nitrogens with zero attached hydrogens (tertiary/aromatic N) is 3. The summed E-state index contributed by atoms with van der Waals surface area (Å²) in [5, 5.41) is 9.54. The second kappa shape index (κ2) is 7.35. The zero-order valence-corrected chi connectivity index (χ0v) is 13.8. The van der Waals surface area contributed by atoms with Gasteiger partial charge in [-0.1, -0.05) is 5.16 Å². The normalized spacial score (nSPS) is 11.4. The molecule has 2 heterocycles. The van der Waals surface area contributed by atoms with Gasteiger partial charge in [-0.25, -0.2) is 9.78 Å². The lowest BCUT2D eigenvalue weighted by atomic mass is 10.2. The standard InChI is InChI=1S/C14H20N4O3S/c1-14(2,3)20-13(19)16-7-6-10-17-11(21-18-10)4-5-12-15-8-9-22-12/h8-9H,4-7H2,1-3H3,(H,16,19). The van der Waals surface area contributed by atoms with E-state index in [0.29, 0.717) is 31.1 Å². The molecule has 2 aromatic heterocycles. The Hall–Kier alpha value is -1.96. The molecule has 0 atom stereocenters. The van der Waals surface area contributed by atoms with Gasteiger partial charge in [0.25, 0.3) is 0 Å². The highest BCUT2D eigenvalue weighted by atomic mass is 32.1. The molecule has 8 heteroatoms. The van der Waals surface area contributed by atoms with E-state index in [2.05, 4.69) is 20.4 Å². The molecule has 0 unspecified atom stereocenters. The van der Waals surface area contributed by atoms with Crippen LogP contribution in [-0.4, -0.2) is 33.4 Å².